The molecule has 2 rings (SSSR count). The topological polar surface area (TPSA) is 46.9 Å². The zero-order valence-electron chi connectivity index (χ0n) is 10.5. The first-order chi connectivity index (χ1) is 9.20. The molecule has 1 amide bonds. The molecular formula is C13H14FN3OS. The smallest absolute Gasteiger partial charge is 0.230 e. The van der Waals surface area contributed by atoms with Gasteiger partial charge in [0.05, 0.1) is 11.4 Å². The molecule has 1 heterocycles. The van der Waals surface area contributed by atoms with E-state index >= 15 is 0 Å². The van der Waals surface area contributed by atoms with Crippen molar-refractivity contribution in [3.05, 3.63) is 42.5 Å². The maximum Gasteiger partial charge on any atom is 0.230 e. The number of benzene rings is 1. The number of imidazole rings is 1. The number of carbonyl (C=O) groups is 1. The Morgan fingerprint density at radius 1 is 1.53 bits per heavy atom. The van der Waals surface area contributed by atoms with Crippen LogP contribution in [0.1, 0.15) is 6.92 Å². The van der Waals surface area contributed by atoms with Crippen molar-refractivity contribution < 1.29 is 9.18 Å². The summed E-state index contributed by atoms with van der Waals surface area (Å²) in [5, 5.41) is 3.38. The van der Waals surface area contributed by atoms with Gasteiger partial charge in [0.2, 0.25) is 5.91 Å². The summed E-state index contributed by atoms with van der Waals surface area (Å²) in [5.41, 5.74) is 0.691. The summed E-state index contributed by atoms with van der Waals surface area (Å²) >= 11 is 1.32. The van der Waals surface area contributed by atoms with E-state index in [0.717, 1.165) is 0 Å². The van der Waals surface area contributed by atoms with Crippen LogP contribution in [0.15, 0.2) is 41.8 Å². The first kappa shape index (κ1) is 13.6. The average Bonchev–Trinajstić information content (AvgIpc) is 2.85. The molecule has 0 bridgehead atoms. The van der Waals surface area contributed by atoms with Crippen LogP contribution in [0.3, 0.4) is 0 Å². The van der Waals surface area contributed by atoms with Crippen molar-refractivity contribution in [2.45, 2.75) is 12.1 Å². The molecule has 2 aromatic rings. The Morgan fingerprint density at radius 3 is 3.11 bits per heavy atom. The van der Waals surface area contributed by atoms with E-state index in [1.54, 1.807) is 29.1 Å². The summed E-state index contributed by atoms with van der Waals surface area (Å²) in [6.07, 6.45) is 3.37. The second-order valence-corrected chi connectivity index (χ2v) is 4.74. The highest BCUT2D eigenvalue weighted by atomic mass is 32.2. The van der Waals surface area contributed by atoms with Gasteiger partial charge in [0, 0.05) is 18.9 Å². The van der Waals surface area contributed by atoms with E-state index in [1.165, 1.54) is 23.9 Å². The molecule has 19 heavy (non-hydrogen) atoms. The lowest BCUT2D eigenvalue weighted by Crippen LogP contribution is -2.24. The number of nitrogens with one attached hydrogen (secondary N) is 1. The first-order valence-corrected chi connectivity index (χ1v) is 6.88. The van der Waals surface area contributed by atoms with Gasteiger partial charge in [-0.15, -0.1) is 0 Å². The first-order valence-electron chi connectivity index (χ1n) is 5.89. The Labute approximate surface area is 115 Å². The monoisotopic (exact) mass is 279 g/mol. The van der Waals surface area contributed by atoms with Crippen molar-refractivity contribution in [3.8, 4) is 5.69 Å². The van der Waals surface area contributed by atoms with Gasteiger partial charge in [0.25, 0.3) is 0 Å². The fraction of sp³-hybridized carbons (Fsp3) is 0.231. The van der Waals surface area contributed by atoms with Gasteiger partial charge in [-0.3, -0.25) is 9.36 Å². The van der Waals surface area contributed by atoms with Gasteiger partial charge >= 0.3 is 0 Å². The minimum atomic E-state index is -0.300. The van der Waals surface area contributed by atoms with Crippen LogP contribution in [-0.4, -0.2) is 27.8 Å². The second kappa shape index (κ2) is 6.38. The van der Waals surface area contributed by atoms with Crippen LogP contribution in [0.2, 0.25) is 0 Å². The normalized spacial score (nSPS) is 10.4. The molecule has 0 aliphatic carbocycles. The molecule has 1 aromatic carbocycles. The number of hydrogen-bond acceptors (Lipinski definition) is 3. The van der Waals surface area contributed by atoms with Crippen LogP contribution in [0.5, 0.6) is 0 Å². The van der Waals surface area contributed by atoms with E-state index in [1.807, 2.05) is 6.92 Å². The SMILES string of the molecule is CCNC(=O)CSc1nccn1-c1cccc(F)c1. The van der Waals surface area contributed by atoms with Crippen molar-refractivity contribution in [3.63, 3.8) is 0 Å². The van der Waals surface area contributed by atoms with Gasteiger partial charge < -0.3 is 5.32 Å². The molecule has 100 valence electrons. The number of carbonyl (C=O) groups excluding carboxylic acids is 1. The molecular weight excluding hydrogens is 265 g/mol. The molecule has 1 aromatic heterocycles. The third-order valence-corrected chi connectivity index (χ3v) is 3.37. The summed E-state index contributed by atoms with van der Waals surface area (Å²) in [6, 6.07) is 6.25. The Kier molecular flexibility index (Phi) is 4.57. The Bertz CT molecular complexity index is 571. The van der Waals surface area contributed by atoms with Crippen molar-refractivity contribution >= 4 is 17.7 Å². The molecule has 0 fully saturated rings. The lowest BCUT2D eigenvalue weighted by atomic mass is 10.3. The van der Waals surface area contributed by atoms with Crippen molar-refractivity contribution in [2.75, 3.05) is 12.3 Å². The summed E-state index contributed by atoms with van der Waals surface area (Å²) in [4.78, 5) is 15.6. The van der Waals surface area contributed by atoms with E-state index in [4.69, 9.17) is 0 Å². The Morgan fingerprint density at radius 2 is 2.37 bits per heavy atom. The lowest BCUT2D eigenvalue weighted by Gasteiger charge is -2.07. The number of aromatic nitrogens is 2. The van der Waals surface area contributed by atoms with Gasteiger partial charge in [-0.1, -0.05) is 17.8 Å². The standard InChI is InChI=1S/C13H14FN3OS/c1-2-15-12(18)9-19-13-16-6-7-17(13)11-5-3-4-10(14)8-11/h3-8H,2,9H2,1H3,(H,15,18). The van der Waals surface area contributed by atoms with Gasteiger partial charge in [-0.25, -0.2) is 9.37 Å². The summed E-state index contributed by atoms with van der Waals surface area (Å²) in [6.45, 7) is 2.48. The average molecular weight is 279 g/mol. The predicted octanol–water partition coefficient (Wildman–Crippen LogP) is 2.24. The zero-order valence-corrected chi connectivity index (χ0v) is 11.3. The molecule has 0 saturated carbocycles. The van der Waals surface area contributed by atoms with Gasteiger partial charge in [0.1, 0.15) is 5.82 Å². The number of halogens is 1. The zero-order chi connectivity index (χ0) is 13.7. The highest BCUT2D eigenvalue weighted by Crippen LogP contribution is 2.20. The van der Waals surface area contributed by atoms with Gasteiger partial charge in [-0.2, -0.15) is 0 Å². The molecule has 1 N–H and O–H groups in total. The molecule has 0 unspecified atom stereocenters. The molecule has 0 atom stereocenters. The van der Waals surface area contributed by atoms with Crippen molar-refractivity contribution in [2.24, 2.45) is 0 Å². The van der Waals surface area contributed by atoms with Gasteiger partial charge in [0.15, 0.2) is 5.16 Å². The Hall–Kier alpha value is -1.82. The number of nitrogens with zero attached hydrogens (tertiary/aromatic N) is 2. The molecule has 6 heteroatoms. The minimum absolute atomic E-state index is 0.0405. The fourth-order valence-corrected chi connectivity index (χ4v) is 2.40. The number of rotatable bonds is 5. The largest absolute Gasteiger partial charge is 0.356 e. The predicted molar refractivity (Wildman–Crippen MR) is 72.9 cm³/mol. The number of thioether (sulfide) groups is 1. The lowest BCUT2D eigenvalue weighted by molar-refractivity contribution is -0.118. The van der Waals surface area contributed by atoms with E-state index in [2.05, 4.69) is 10.3 Å². The third-order valence-electron chi connectivity index (χ3n) is 2.40. The third kappa shape index (κ3) is 3.57. The molecule has 0 radical (unpaired) electrons. The molecule has 0 spiro atoms. The summed E-state index contributed by atoms with van der Waals surface area (Å²) < 4.78 is 15.0. The van der Waals surface area contributed by atoms with Crippen LogP contribution in [-0.2, 0) is 4.79 Å². The van der Waals surface area contributed by atoms with Crippen LogP contribution in [0.25, 0.3) is 5.69 Å². The van der Waals surface area contributed by atoms with E-state index in [0.29, 0.717) is 23.1 Å². The summed E-state index contributed by atoms with van der Waals surface area (Å²) in [5.74, 6) is -0.0488. The van der Waals surface area contributed by atoms with Crippen LogP contribution in [0.4, 0.5) is 4.39 Å². The van der Waals surface area contributed by atoms with Crippen molar-refractivity contribution in [1.82, 2.24) is 14.9 Å². The molecule has 0 aliphatic rings. The van der Waals surface area contributed by atoms with Crippen molar-refractivity contribution in [1.29, 1.82) is 0 Å². The van der Waals surface area contributed by atoms with E-state index in [-0.39, 0.29) is 11.7 Å². The van der Waals surface area contributed by atoms with Crippen LogP contribution >= 0.6 is 11.8 Å². The van der Waals surface area contributed by atoms with Gasteiger partial charge in [-0.05, 0) is 25.1 Å². The number of amides is 1. The highest BCUT2D eigenvalue weighted by molar-refractivity contribution is 7.99. The quantitative estimate of drug-likeness (QED) is 0.854. The fourth-order valence-electron chi connectivity index (χ4n) is 1.60. The molecule has 0 aliphatic heterocycles. The van der Waals surface area contributed by atoms with Crippen LogP contribution < -0.4 is 5.32 Å². The molecule has 0 saturated heterocycles. The maximum atomic E-state index is 13.2. The van der Waals surface area contributed by atoms with Crippen LogP contribution in [0, 0.1) is 5.82 Å². The van der Waals surface area contributed by atoms with E-state index < -0.39 is 0 Å². The second-order valence-electron chi connectivity index (χ2n) is 3.80. The number of hydrogen-bond donors (Lipinski definition) is 1. The maximum absolute atomic E-state index is 13.2. The highest BCUT2D eigenvalue weighted by Gasteiger charge is 2.08. The molecule has 4 nitrogen and oxygen atoms in total. The Balaban J connectivity index is 2.12. The minimum Gasteiger partial charge on any atom is -0.356 e. The summed E-state index contributed by atoms with van der Waals surface area (Å²) in [7, 11) is 0. The van der Waals surface area contributed by atoms with E-state index in [9.17, 15) is 9.18 Å².